The number of halogens is 4. The van der Waals surface area contributed by atoms with E-state index in [-0.39, 0.29) is 30.8 Å². The lowest BCUT2D eigenvalue weighted by Crippen LogP contribution is -2.50. The highest BCUT2D eigenvalue weighted by molar-refractivity contribution is 6.42. The maximum absolute atomic E-state index is 13.4. The van der Waals surface area contributed by atoms with Crippen LogP contribution in [0.2, 0.25) is 20.1 Å². The van der Waals surface area contributed by atoms with Gasteiger partial charge in [0.25, 0.3) is 0 Å². The lowest BCUT2D eigenvalue weighted by molar-refractivity contribution is -0.140. The molecule has 0 heterocycles. The van der Waals surface area contributed by atoms with Gasteiger partial charge in [0, 0.05) is 22.6 Å². The maximum Gasteiger partial charge on any atom is 0.242 e. The zero-order chi connectivity index (χ0) is 23.3. The van der Waals surface area contributed by atoms with Gasteiger partial charge in [0.2, 0.25) is 11.8 Å². The van der Waals surface area contributed by atoms with E-state index in [0.717, 1.165) is 31.2 Å². The second-order valence-electron chi connectivity index (χ2n) is 8.17. The van der Waals surface area contributed by atoms with Crippen LogP contribution < -0.4 is 5.32 Å². The third-order valence-corrected chi connectivity index (χ3v) is 7.29. The average molecular weight is 516 g/mol. The number of amides is 2. The maximum atomic E-state index is 13.4. The van der Waals surface area contributed by atoms with Gasteiger partial charge in [-0.1, -0.05) is 77.8 Å². The van der Waals surface area contributed by atoms with Crippen molar-refractivity contribution in [1.82, 2.24) is 10.2 Å². The molecular weight excluding hydrogens is 490 g/mol. The number of hydrogen-bond acceptors (Lipinski definition) is 2. The van der Waals surface area contributed by atoms with E-state index >= 15 is 0 Å². The summed E-state index contributed by atoms with van der Waals surface area (Å²) < 4.78 is 0. The Bertz CT molecular complexity index is 956. The molecule has 32 heavy (non-hydrogen) atoms. The molecule has 1 fully saturated rings. The van der Waals surface area contributed by atoms with Gasteiger partial charge in [-0.2, -0.15) is 0 Å². The number of nitrogens with zero attached hydrogens (tertiary/aromatic N) is 1. The molecule has 3 rings (SSSR count). The molecule has 1 aliphatic rings. The molecule has 0 bridgehead atoms. The molecule has 1 aliphatic carbocycles. The van der Waals surface area contributed by atoms with E-state index in [9.17, 15) is 9.59 Å². The topological polar surface area (TPSA) is 49.4 Å². The largest absolute Gasteiger partial charge is 0.352 e. The van der Waals surface area contributed by atoms with Crippen molar-refractivity contribution in [2.45, 2.75) is 64.1 Å². The van der Waals surface area contributed by atoms with Crippen molar-refractivity contribution in [3.05, 3.63) is 67.6 Å². The van der Waals surface area contributed by atoms with Crippen LogP contribution >= 0.6 is 46.4 Å². The fourth-order valence-corrected chi connectivity index (χ4v) is 4.79. The Morgan fingerprint density at radius 1 is 0.969 bits per heavy atom. The zero-order valence-electron chi connectivity index (χ0n) is 17.8. The van der Waals surface area contributed by atoms with Crippen LogP contribution in [0.25, 0.3) is 0 Å². The molecule has 172 valence electrons. The summed E-state index contributed by atoms with van der Waals surface area (Å²) in [6.07, 6.45) is 5.33. The number of benzene rings is 2. The van der Waals surface area contributed by atoms with Crippen LogP contribution in [0.3, 0.4) is 0 Å². The first-order chi connectivity index (χ1) is 15.3. The Labute approximate surface area is 209 Å². The van der Waals surface area contributed by atoms with Crippen LogP contribution in [0.1, 0.15) is 50.2 Å². The second-order valence-corrected chi connectivity index (χ2v) is 9.80. The monoisotopic (exact) mass is 514 g/mol. The van der Waals surface area contributed by atoms with Crippen molar-refractivity contribution >= 4 is 58.2 Å². The molecule has 4 nitrogen and oxygen atoms in total. The first-order valence-electron chi connectivity index (χ1n) is 10.7. The van der Waals surface area contributed by atoms with E-state index < -0.39 is 6.04 Å². The van der Waals surface area contributed by atoms with Crippen molar-refractivity contribution in [3.63, 3.8) is 0 Å². The quantitative estimate of drug-likeness (QED) is 0.445. The Hall–Kier alpha value is -1.46. The summed E-state index contributed by atoms with van der Waals surface area (Å²) in [6.45, 7) is 1.94. The summed E-state index contributed by atoms with van der Waals surface area (Å²) in [7, 11) is 0. The van der Waals surface area contributed by atoms with Gasteiger partial charge in [-0.05, 0) is 55.2 Å². The highest BCUT2D eigenvalue weighted by atomic mass is 35.5. The molecule has 8 heteroatoms. The molecule has 2 aromatic rings. The molecule has 1 N–H and O–H groups in total. The minimum absolute atomic E-state index is 0.0130. The summed E-state index contributed by atoms with van der Waals surface area (Å²) >= 11 is 24.8. The molecule has 0 saturated heterocycles. The number of carbonyl (C=O) groups is 2. The van der Waals surface area contributed by atoms with Crippen LogP contribution in [0, 0.1) is 0 Å². The lowest BCUT2D eigenvalue weighted by Gasteiger charge is -2.31. The molecule has 0 spiro atoms. The summed E-state index contributed by atoms with van der Waals surface area (Å²) in [6, 6.07) is 9.77. The summed E-state index contributed by atoms with van der Waals surface area (Å²) in [5.41, 5.74) is 1.31. The highest BCUT2D eigenvalue weighted by Crippen LogP contribution is 2.27. The fraction of sp³-hybridized carbons (Fsp3) is 0.417. The van der Waals surface area contributed by atoms with Crippen molar-refractivity contribution in [1.29, 1.82) is 0 Å². The predicted molar refractivity (Wildman–Crippen MR) is 132 cm³/mol. The molecule has 1 saturated carbocycles. The van der Waals surface area contributed by atoms with Gasteiger partial charge < -0.3 is 10.2 Å². The number of nitrogens with one attached hydrogen (secondary N) is 1. The standard InChI is InChI=1S/C24H26Cl4N2O2/c1-15(24(32)29-17-6-3-2-4-7-17)30(14-16-10-11-21(27)22(28)12-16)23(31)13-18-19(25)8-5-9-20(18)26/h5,8-12,15,17H,2-4,6-7,13-14H2,1H3,(H,29,32)/t15-/m0/s1. The number of carbonyl (C=O) groups excluding carboxylic acids is 2. The SMILES string of the molecule is C[C@@H](C(=O)NC1CCCCC1)N(Cc1ccc(Cl)c(Cl)c1)C(=O)Cc1c(Cl)cccc1Cl. The Morgan fingerprint density at radius 2 is 1.62 bits per heavy atom. The van der Waals surface area contributed by atoms with E-state index in [1.54, 1.807) is 43.3 Å². The molecule has 0 unspecified atom stereocenters. The van der Waals surface area contributed by atoms with E-state index in [0.29, 0.717) is 25.7 Å². The van der Waals surface area contributed by atoms with E-state index in [2.05, 4.69) is 5.32 Å². The molecule has 1 atom stereocenters. The first-order valence-corrected chi connectivity index (χ1v) is 12.2. The molecule has 0 radical (unpaired) electrons. The van der Waals surface area contributed by atoms with Crippen LogP contribution in [0.4, 0.5) is 0 Å². The fourth-order valence-electron chi connectivity index (χ4n) is 3.94. The zero-order valence-corrected chi connectivity index (χ0v) is 20.9. The van der Waals surface area contributed by atoms with E-state index in [1.807, 2.05) is 0 Å². The lowest BCUT2D eigenvalue weighted by atomic mass is 9.95. The summed E-state index contributed by atoms with van der Waals surface area (Å²) in [5, 5.41) is 4.77. The number of hydrogen-bond donors (Lipinski definition) is 1. The minimum Gasteiger partial charge on any atom is -0.352 e. The van der Waals surface area contributed by atoms with Gasteiger partial charge >= 0.3 is 0 Å². The number of rotatable bonds is 7. The highest BCUT2D eigenvalue weighted by Gasteiger charge is 2.29. The summed E-state index contributed by atoms with van der Waals surface area (Å²) in [4.78, 5) is 28.0. The average Bonchev–Trinajstić information content (AvgIpc) is 2.77. The van der Waals surface area contributed by atoms with Crippen molar-refractivity contribution in [3.8, 4) is 0 Å². The Balaban J connectivity index is 1.82. The third-order valence-electron chi connectivity index (χ3n) is 5.85. The third kappa shape index (κ3) is 6.54. The van der Waals surface area contributed by atoms with Gasteiger partial charge in [-0.15, -0.1) is 0 Å². The van der Waals surface area contributed by atoms with Gasteiger partial charge in [0.1, 0.15) is 6.04 Å². The summed E-state index contributed by atoms with van der Waals surface area (Å²) in [5.74, 6) is -0.423. The van der Waals surface area contributed by atoms with Gasteiger partial charge in [0.15, 0.2) is 0 Å². The first kappa shape index (κ1) is 25.2. The van der Waals surface area contributed by atoms with E-state index in [1.165, 1.54) is 11.3 Å². The molecule has 2 amide bonds. The van der Waals surface area contributed by atoms with Crippen LogP contribution in [0.15, 0.2) is 36.4 Å². The van der Waals surface area contributed by atoms with Crippen LogP contribution in [0.5, 0.6) is 0 Å². The van der Waals surface area contributed by atoms with Crippen LogP contribution in [-0.4, -0.2) is 28.8 Å². The second kappa shape index (κ2) is 11.6. The van der Waals surface area contributed by atoms with Crippen molar-refractivity contribution in [2.24, 2.45) is 0 Å². The van der Waals surface area contributed by atoms with Crippen LogP contribution in [-0.2, 0) is 22.6 Å². The smallest absolute Gasteiger partial charge is 0.242 e. The van der Waals surface area contributed by atoms with Gasteiger partial charge in [0.05, 0.1) is 16.5 Å². The minimum atomic E-state index is -0.680. The van der Waals surface area contributed by atoms with Gasteiger partial charge in [-0.3, -0.25) is 9.59 Å². The van der Waals surface area contributed by atoms with Crippen molar-refractivity contribution in [2.75, 3.05) is 0 Å². The predicted octanol–water partition coefficient (Wildman–Crippen LogP) is 6.71. The van der Waals surface area contributed by atoms with E-state index in [4.69, 9.17) is 46.4 Å². The molecule has 2 aromatic carbocycles. The molecule has 0 aliphatic heterocycles. The Kier molecular flexibility index (Phi) is 9.13. The normalized spacial score (nSPS) is 15.3. The Morgan fingerprint density at radius 3 is 2.25 bits per heavy atom. The molecule has 0 aromatic heterocycles. The van der Waals surface area contributed by atoms with Gasteiger partial charge in [-0.25, -0.2) is 0 Å². The van der Waals surface area contributed by atoms with Crippen molar-refractivity contribution < 1.29 is 9.59 Å². The molecular formula is C24H26Cl4N2O2.